The first-order chi connectivity index (χ1) is 9.07. The Bertz CT molecular complexity index is 705. The highest BCUT2D eigenvalue weighted by atomic mass is 32.2. The van der Waals surface area contributed by atoms with Gasteiger partial charge >= 0.3 is 0 Å². The molecule has 1 aliphatic rings. The molecule has 2 N–H and O–H groups in total. The molecule has 0 radical (unpaired) electrons. The highest BCUT2D eigenvalue weighted by Gasteiger charge is 2.26. The first kappa shape index (κ1) is 12.8. The van der Waals surface area contributed by atoms with E-state index in [0.29, 0.717) is 31.4 Å². The van der Waals surface area contributed by atoms with E-state index in [1.807, 2.05) is 0 Å². The number of rotatable bonds is 2. The van der Waals surface area contributed by atoms with Gasteiger partial charge in [0.15, 0.2) is 5.13 Å². The summed E-state index contributed by atoms with van der Waals surface area (Å²) in [6.07, 6.45) is 0. The number of ether oxygens (including phenoxy) is 1. The van der Waals surface area contributed by atoms with Gasteiger partial charge in [-0.3, -0.25) is 0 Å². The molecule has 2 aromatic rings. The van der Waals surface area contributed by atoms with Crippen molar-refractivity contribution in [1.29, 1.82) is 0 Å². The smallest absolute Gasteiger partial charge is 0.243 e. The Morgan fingerprint density at radius 1 is 1.32 bits per heavy atom. The molecule has 6 nitrogen and oxygen atoms in total. The third kappa shape index (κ3) is 2.32. The van der Waals surface area contributed by atoms with Gasteiger partial charge in [-0.25, -0.2) is 13.4 Å². The molecule has 1 fully saturated rings. The lowest BCUT2D eigenvalue weighted by molar-refractivity contribution is 0.0730. The van der Waals surface area contributed by atoms with Crippen molar-refractivity contribution in [2.45, 2.75) is 4.90 Å². The number of thiazole rings is 1. The van der Waals surface area contributed by atoms with Crippen LogP contribution in [0.4, 0.5) is 5.13 Å². The number of fused-ring (bicyclic) bond motifs is 1. The lowest BCUT2D eigenvalue weighted by Crippen LogP contribution is -2.40. The van der Waals surface area contributed by atoms with Crippen molar-refractivity contribution in [3.05, 3.63) is 18.2 Å². The van der Waals surface area contributed by atoms with Gasteiger partial charge in [-0.2, -0.15) is 4.31 Å². The Hall–Kier alpha value is -1.22. The van der Waals surface area contributed by atoms with E-state index < -0.39 is 10.0 Å². The Labute approximate surface area is 114 Å². The van der Waals surface area contributed by atoms with Crippen LogP contribution < -0.4 is 5.73 Å². The molecule has 1 aliphatic heterocycles. The zero-order valence-electron chi connectivity index (χ0n) is 10.1. The van der Waals surface area contributed by atoms with Crippen molar-refractivity contribution >= 4 is 36.7 Å². The zero-order chi connectivity index (χ0) is 13.5. The molecule has 0 saturated carbocycles. The predicted molar refractivity (Wildman–Crippen MR) is 73.6 cm³/mol. The van der Waals surface area contributed by atoms with Gasteiger partial charge in [0.1, 0.15) is 0 Å². The van der Waals surface area contributed by atoms with E-state index in [1.54, 1.807) is 18.2 Å². The molecule has 3 rings (SSSR count). The second-order valence-electron chi connectivity index (χ2n) is 4.20. The fourth-order valence-corrected chi connectivity index (χ4v) is 4.30. The SMILES string of the molecule is Nc1nc2ccc(S(=O)(=O)N3CCOCC3)cc2s1. The third-order valence-electron chi connectivity index (χ3n) is 2.98. The fourth-order valence-electron chi connectivity index (χ4n) is 2.02. The summed E-state index contributed by atoms with van der Waals surface area (Å²) < 4.78 is 32.3. The fraction of sp³-hybridized carbons (Fsp3) is 0.364. The maximum atomic E-state index is 12.5. The van der Waals surface area contributed by atoms with Crippen LogP contribution in [0.25, 0.3) is 10.2 Å². The molecule has 0 bridgehead atoms. The largest absolute Gasteiger partial charge is 0.379 e. The van der Waals surface area contributed by atoms with E-state index in [2.05, 4.69) is 4.98 Å². The van der Waals surface area contributed by atoms with E-state index in [-0.39, 0.29) is 4.90 Å². The second kappa shape index (κ2) is 4.71. The van der Waals surface area contributed by atoms with Gasteiger partial charge in [0, 0.05) is 13.1 Å². The van der Waals surface area contributed by atoms with Gasteiger partial charge in [-0.05, 0) is 18.2 Å². The zero-order valence-corrected chi connectivity index (χ0v) is 11.7. The van der Waals surface area contributed by atoms with Gasteiger partial charge in [-0.15, -0.1) is 0 Å². The van der Waals surface area contributed by atoms with Crippen LogP contribution in [-0.4, -0.2) is 44.0 Å². The summed E-state index contributed by atoms with van der Waals surface area (Å²) in [5.41, 5.74) is 6.35. The molecular weight excluding hydrogens is 286 g/mol. The monoisotopic (exact) mass is 299 g/mol. The molecule has 1 saturated heterocycles. The molecule has 0 aliphatic carbocycles. The summed E-state index contributed by atoms with van der Waals surface area (Å²) in [5, 5.41) is 0.441. The Morgan fingerprint density at radius 2 is 2.05 bits per heavy atom. The van der Waals surface area contributed by atoms with E-state index in [4.69, 9.17) is 10.5 Å². The molecular formula is C11H13N3O3S2. The standard InChI is InChI=1S/C11H13N3O3S2/c12-11-13-9-2-1-8(7-10(9)18-11)19(15,16)14-3-5-17-6-4-14/h1-2,7H,3-6H2,(H2,12,13). The number of morpholine rings is 1. The van der Waals surface area contributed by atoms with Crippen molar-refractivity contribution in [2.75, 3.05) is 32.0 Å². The quantitative estimate of drug-likeness (QED) is 0.890. The third-order valence-corrected chi connectivity index (χ3v) is 5.73. The number of hydrogen-bond donors (Lipinski definition) is 1. The minimum atomic E-state index is -3.45. The molecule has 1 aromatic heterocycles. The number of hydrogen-bond acceptors (Lipinski definition) is 6. The first-order valence-electron chi connectivity index (χ1n) is 5.81. The molecule has 102 valence electrons. The number of nitrogen functional groups attached to an aromatic ring is 1. The number of benzene rings is 1. The average molecular weight is 299 g/mol. The van der Waals surface area contributed by atoms with E-state index in [0.717, 1.165) is 10.2 Å². The van der Waals surface area contributed by atoms with Crippen molar-refractivity contribution in [1.82, 2.24) is 9.29 Å². The van der Waals surface area contributed by atoms with Crippen molar-refractivity contribution in [3.8, 4) is 0 Å². The van der Waals surface area contributed by atoms with E-state index in [9.17, 15) is 8.42 Å². The molecule has 0 amide bonds. The lowest BCUT2D eigenvalue weighted by Gasteiger charge is -2.25. The van der Waals surface area contributed by atoms with Gasteiger partial charge in [0.2, 0.25) is 10.0 Å². The maximum Gasteiger partial charge on any atom is 0.243 e. The molecule has 0 atom stereocenters. The minimum Gasteiger partial charge on any atom is -0.379 e. The Kier molecular flexibility index (Phi) is 3.17. The molecule has 0 unspecified atom stereocenters. The molecule has 8 heteroatoms. The molecule has 1 aromatic carbocycles. The summed E-state index contributed by atoms with van der Waals surface area (Å²) in [4.78, 5) is 4.40. The van der Waals surface area contributed by atoms with Gasteiger partial charge in [0.25, 0.3) is 0 Å². The second-order valence-corrected chi connectivity index (χ2v) is 7.20. The Morgan fingerprint density at radius 3 is 2.79 bits per heavy atom. The van der Waals surface area contributed by atoms with Crippen LogP contribution in [0.3, 0.4) is 0 Å². The predicted octanol–water partition coefficient (Wildman–Crippen LogP) is 0.899. The minimum absolute atomic E-state index is 0.283. The van der Waals surface area contributed by atoms with Crippen molar-refractivity contribution in [2.24, 2.45) is 0 Å². The summed E-state index contributed by atoms with van der Waals surface area (Å²) in [6, 6.07) is 4.90. The summed E-state index contributed by atoms with van der Waals surface area (Å²) in [6.45, 7) is 1.67. The summed E-state index contributed by atoms with van der Waals surface area (Å²) in [5.74, 6) is 0. The van der Waals surface area contributed by atoms with Gasteiger partial charge < -0.3 is 10.5 Å². The number of sulfonamides is 1. The number of aromatic nitrogens is 1. The van der Waals surface area contributed by atoms with Crippen LogP contribution in [0.15, 0.2) is 23.1 Å². The van der Waals surface area contributed by atoms with Gasteiger partial charge in [0.05, 0.1) is 28.3 Å². The van der Waals surface area contributed by atoms with Crippen LogP contribution in [0.5, 0.6) is 0 Å². The molecule has 2 heterocycles. The molecule has 0 spiro atoms. The summed E-state index contributed by atoms with van der Waals surface area (Å²) in [7, 11) is -3.45. The topological polar surface area (TPSA) is 85.5 Å². The van der Waals surface area contributed by atoms with Crippen LogP contribution >= 0.6 is 11.3 Å². The average Bonchev–Trinajstić information content (AvgIpc) is 2.78. The maximum absolute atomic E-state index is 12.5. The lowest BCUT2D eigenvalue weighted by atomic mass is 10.3. The van der Waals surface area contributed by atoms with Gasteiger partial charge in [-0.1, -0.05) is 11.3 Å². The van der Waals surface area contributed by atoms with Crippen LogP contribution in [0.1, 0.15) is 0 Å². The summed E-state index contributed by atoms with van der Waals surface area (Å²) >= 11 is 1.29. The number of nitrogens with two attached hydrogens (primary N) is 1. The van der Waals surface area contributed by atoms with Crippen molar-refractivity contribution in [3.63, 3.8) is 0 Å². The Balaban J connectivity index is 2.02. The highest BCUT2D eigenvalue weighted by molar-refractivity contribution is 7.89. The van der Waals surface area contributed by atoms with E-state index >= 15 is 0 Å². The number of nitrogens with zero attached hydrogens (tertiary/aromatic N) is 2. The van der Waals surface area contributed by atoms with Crippen LogP contribution in [0.2, 0.25) is 0 Å². The normalized spacial score (nSPS) is 17.9. The van der Waals surface area contributed by atoms with Crippen LogP contribution in [-0.2, 0) is 14.8 Å². The van der Waals surface area contributed by atoms with Crippen molar-refractivity contribution < 1.29 is 13.2 Å². The number of anilines is 1. The van der Waals surface area contributed by atoms with Crippen LogP contribution in [0, 0.1) is 0 Å². The first-order valence-corrected chi connectivity index (χ1v) is 8.07. The van der Waals surface area contributed by atoms with E-state index in [1.165, 1.54) is 15.6 Å². The highest BCUT2D eigenvalue weighted by Crippen LogP contribution is 2.27. The molecule has 19 heavy (non-hydrogen) atoms.